The molecule has 148 valence electrons. The van der Waals surface area contributed by atoms with Gasteiger partial charge in [0.2, 0.25) is 11.9 Å². The van der Waals surface area contributed by atoms with Gasteiger partial charge in [-0.15, -0.1) is 0 Å². The van der Waals surface area contributed by atoms with Gasteiger partial charge in [0, 0.05) is 25.0 Å². The smallest absolute Gasteiger partial charge is 0.237 e. The van der Waals surface area contributed by atoms with E-state index in [2.05, 4.69) is 15.0 Å². The van der Waals surface area contributed by atoms with E-state index in [1.165, 1.54) is 0 Å². The number of hydrogen-bond acceptors (Lipinski definition) is 5. The normalized spacial score (nSPS) is 22.7. The van der Waals surface area contributed by atoms with Crippen LogP contribution in [0, 0.1) is 11.3 Å². The Morgan fingerprint density at radius 1 is 1.21 bits per heavy atom. The van der Waals surface area contributed by atoms with Gasteiger partial charge in [-0.3, -0.25) is 9.36 Å². The summed E-state index contributed by atoms with van der Waals surface area (Å²) in [4.78, 5) is 28.3. The Labute approximate surface area is 169 Å². The molecule has 1 aromatic carbocycles. The first-order valence-corrected chi connectivity index (χ1v) is 10.1. The second kappa shape index (κ2) is 6.69. The first kappa shape index (κ1) is 17.8. The highest BCUT2D eigenvalue weighted by Crippen LogP contribution is 2.55. The first-order chi connectivity index (χ1) is 14.1. The molecule has 0 saturated heterocycles. The fourth-order valence-corrected chi connectivity index (χ4v) is 4.98. The van der Waals surface area contributed by atoms with Crippen LogP contribution in [0.1, 0.15) is 32.1 Å². The highest BCUT2D eigenvalue weighted by atomic mass is 16.2. The molecule has 0 radical (unpaired) electrons. The van der Waals surface area contributed by atoms with Gasteiger partial charge in [-0.1, -0.05) is 30.3 Å². The lowest BCUT2D eigenvalue weighted by Gasteiger charge is -2.30. The lowest BCUT2D eigenvalue weighted by Crippen LogP contribution is -2.40. The van der Waals surface area contributed by atoms with Crippen molar-refractivity contribution >= 4 is 17.4 Å². The third-order valence-electron chi connectivity index (χ3n) is 6.53. The molecule has 7 heteroatoms. The number of nitrogen functional groups attached to an aromatic ring is 1. The maximum atomic E-state index is 13.2. The SMILES string of the molecule is CN(C(=O)C12CCC(CC1)C2)c1cnc(-n2ccnc2-c2ccccc2)nc1N. The fourth-order valence-electron chi connectivity index (χ4n) is 4.98. The third kappa shape index (κ3) is 2.88. The summed E-state index contributed by atoms with van der Waals surface area (Å²) in [6.45, 7) is 0. The van der Waals surface area contributed by atoms with Gasteiger partial charge in [-0.2, -0.15) is 4.98 Å². The van der Waals surface area contributed by atoms with Crippen LogP contribution in [0.5, 0.6) is 0 Å². The number of carbonyl (C=O) groups is 1. The average Bonchev–Trinajstić information content (AvgIpc) is 3.50. The quantitative estimate of drug-likeness (QED) is 0.739. The molecule has 2 aromatic heterocycles. The van der Waals surface area contributed by atoms with Crippen molar-refractivity contribution in [2.45, 2.75) is 32.1 Å². The number of benzene rings is 1. The highest BCUT2D eigenvalue weighted by molar-refractivity contribution is 5.99. The Hall–Kier alpha value is -3.22. The molecule has 0 aliphatic heterocycles. The molecule has 2 aliphatic carbocycles. The minimum absolute atomic E-state index is 0.146. The lowest BCUT2D eigenvalue weighted by atomic mass is 9.83. The van der Waals surface area contributed by atoms with Crippen molar-refractivity contribution in [2.24, 2.45) is 11.3 Å². The van der Waals surface area contributed by atoms with E-state index in [1.54, 1.807) is 28.9 Å². The van der Waals surface area contributed by atoms with Crippen LogP contribution in [-0.4, -0.2) is 32.5 Å². The Morgan fingerprint density at radius 2 is 1.97 bits per heavy atom. The van der Waals surface area contributed by atoms with E-state index in [0.717, 1.165) is 43.5 Å². The Morgan fingerprint density at radius 3 is 2.62 bits per heavy atom. The Balaban J connectivity index is 1.45. The van der Waals surface area contributed by atoms with Gasteiger partial charge in [0.05, 0.1) is 11.6 Å². The summed E-state index contributed by atoms with van der Waals surface area (Å²) >= 11 is 0. The molecule has 2 N–H and O–H groups in total. The highest BCUT2D eigenvalue weighted by Gasteiger charge is 2.51. The van der Waals surface area contributed by atoms with E-state index >= 15 is 0 Å². The van der Waals surface area contributed by atoms with Crippen molar-refractivity contribution in [3.8, 4) is 17.3 Å². The zero-order valence-electron chi connectivity index (χ0n) is 16.5. The molecule has 1 amide bonds. The topological polar surface area (TPSA) is 89.9 Å². The molecule has 0 spiro atoms. The fraction of sp³-hybridized carbons (Fsp3) is 0.364. The van der Waals surface area contributed by atoms with E-state index < -0.39 is 0 Å². The molecule has 2 heterocycles. The van der Waals surface area contributed by atoms with E-state index in [1.807, 2.05) is 36.5 Å². The molecule has 5 rings (SSSR count). The largest absolute Gasteiger partial charge is 0.382 e. The van der Waals surface area contributed by atoms with Crippen LogP contribution in [0.4, 0.5) is 11.5 Å². The minimum Gasteiger partial charge on any atom is -0.382 e. The Bertz CT molecular complexity index is 1050. The number of amides is 1. The molecular weight excluding hydrogens is 364 g/mol. The number of nitrogens with two attached hydrogens (primary N) is 1. The molecule has 3 aromatic rings. The second-order valence-corrected chi connectivity index (χ2v) is 8.22. The number of rotatable bonds is 4. The van der Waals surface area contributed by atoms with Crippen molar-refractivity contribution in [3.63, 3.8) is 0 Å². The molecule has 2 aliphatic rings. The van der Waals surface area contributed by atoms with Gasteiger partial charge in [0.15, 0.2) is 5.82 Å². The molecule has 7 nitrogen and oxygen atoms in total. The monoisotopic (exact) mass is 388 g/mol. The predicted octanol–water partition coefficient (Wildman–Crippen LogP) is 3.45. The number of aromatic nitrogens is 4. The van der Waals surface area contributed by atoms with Gasteiger partial charge < -0.3 is 10.6 Å². The van der Waals surface area contributed by atoms with Crippen LogP contribution < -0.4 is 10.6 Å². The van der Waals surface area contributed by atoms with Gasteiger partial charge in [-0.05, 0) is 38.0 Å². The van der Waals surface area contributed by atoms with Crippen molar-refractivity contribution in [2.75, 3.05) is 17.7 Å². The van der Waals surface area contributed by atoms with E-state index in [0.29, 0.717) is 23.4 Å². The van der Waals surface area contributed by atoms with Gasteiger partial charge in [-0.25, -0.2) is 9.97 Å². The van der Waals surface area contributed by atoms with Gasteiger partial charge in [0.25, 0.3) is 0 Å². The van der Waals surface area contributed by atoms with Crippen LogP contribution in [0.15, 0.2) is 48.9 Å². The van der Waals surface area contributed by atoms with Crippen molar-refractivity contribution in [1.29, 1.82) is 0 Å². The molecule has 29 heavy (non-hydrogen) atoms. The van der Waals surface area contributed by atoms with Crippen molar-refractivity contribution in [3.05, 3.63) is 48.9 Å². The van der Waals surface area contributed by atoms with Crippen LogP contribution in [0.25, 0.3) is 17.3 Å². The van der Waals surface area contributed by atoms with Crippen LogP contribution >= 0.6 is 0 Å². The number of hydrogen-bond donors (Lipinski definition) is 1. The summed E-state index contributed by atoms with van der Waals surface area (Å²) in [5, 5.41) is 0. The summed E-state index contributed by atoms with van der Waals surface area (Å²) in [5.74, 6) is 2.32. The zero-order valence-corrected chi connectivity index (χ0v) is 16.5. The Kier molecular flexibility index (Phi) is 4.12. The molecule has 2 saturated carbocycles. The van der Waals surface area contributed by atoms with Gasteiger partial charge >= 0.3 is 0 Å². The van der Waals surface area contributed by atoms with Crippen LogP contribution in [-0.2, 0) is 4.79 Å². The van der Waals surface area contributed by atoms with E-state index in [-0.39, 0.29) is 11.3 Å². The summed E-state index contributed by atoms with van der Waals surface area (Å²) in [5.41, 5.74) is 7.58. The lowest BCUT2D eigenvalue weighted by molar-refractivity contribution is -0.127. The summed E-state index contributed by atoms with van der Waals surface area (Å²) < 4.78 is 1.80. The standard InChI is InChI=1S/C22H24N6O/c1-27(20(29)22-9-7-15(13-22)8-10-22)17-14-25-21(26-18(17)23)28-12-11-24-19(28)16-5-3-2-4-6-16/h2-6,11-12,14-15H,7-10,13H2,1H3,(H2,23,25,26). The number of carbonyl (C=O) groups excluding carboxylic acids is 1. The maximum Gasteiger partial charge on any atom is 0.237 e. The maximum absolute atomic E-state index is 13.2. The van der Waals surface area contributed by atoms with Crippen LogP contribution in [0.2, 0.25) is 0 Å². The zero-order chi connectivity index (χ0) is 20.0. The molecule has 0 unspecified atom stereocenters. The first-order valence-electron chi connectivity index (χ1n) is 10.1. The average molecular weight is 388 g/mol. The molecule has 0 atom stereocenters. The predicted molar refractivity (Wildman–Crippen MR) is 111 cm³/mol. The molecule has 2 bridgehead atoms. The van der Waals surface area contributed by atoms with Crippen LogP contribution in [0.3, 0.4) is 0 Å². The third-order valence-corrected chi connectivity index (χ3v) is 6.53. The minimum atomic E-state index is -0.213. The number of imidazole rings is 1. The van der Waals surface area contributed by atoms with E-state index in [9.17, 15) is 4.79 Å². The van der Waals surface area contributed by atoms with Crippen molar-refractivity contribution < 1.29 is 4.79 Å². The summed E-state index contributed by atoms with van der Waals surface area (Å²) in [6.07, 6.45) is 10.4. The summed E-state index contributed by atoms with van der Waals surface area (Å²) in [7, 11) is 1.78. The number of nitrogens with zero attached hydrogens (tertiary/aromatic N) is 5. The van der Waals surface area contributed by atoms with E-state index in [4.69, 9.17) is 5.73 Å². The number of fused-ring (bicyclic) bond motifs is 2. The molecule has 2 fully saturated rings. The number of anilines is 2. The van der Waals surface area contributed by atoms with Gasteiger partial charge in [0.1, 0.15) is 11.5 Å². The van der Waals surface area contributed by atoms with Crippen molar-refractivity contribution in [1.82, 2.24) is 19.5 Å². The molecular formula is C22H24N6O. The summed E-state index contributed by atoms with van der Waals surface area (Å²) in [6, 6.07) is 9.85. The second-order valence-electron chi connectivity index (χ2n) is 8.22.